The number of nitro benzene ring substituents is 1. The van der Waals surface area contributed by atoms with Gasteiger partial charge < -0.3 is 14.9 Å². The Bertz CT molecular complexity index is 350. The fourth-order valence-electron chi connectivity index (χ4n) is 1.03. The Kier molecular flexibility index (Phi) is 3.00. The van der Waals surface area contributed by atoms with E-state index in [1.807, 2.05) is 0 Å². The maximum Gasteiger partial charge on any atom is 0.281 e. The summed E-state index contributed by atoms with van der Waals surface area (Å²) in [5.41, 5.74) is -0.532. The SMILES string of the molecule is COc1ccc(C(O)O)c([N+](=O)[O-])c1. The number of methoxy groups -OCH3 is 1. The van der Waals surface area contributed by atoms with E-state index in [2.05, 4.69) is 0 Å². The molecule has 1 rings (SSSR count). The van der Waals surface area contributed by atoms with Crippen molar-refractivity contribution in [2.24, 2.45) is 0 Å². The minimum Gasteiger partial charge on any atom is -0.497 e. The van der Waals surface area contributed by atoms with Crippen molar-refractivity contribution >= 4 is 5.69 Å². The van der Waals surface area contributed by atoms with Crippen LogP contribution in [0.5, 0.6) is 5.75 Å². The van der Waals surface area contributed by atoms with Gasteiger partial charge >= 0.3 is 0 Å². The van der Waals surface area contributed by atoms with E-state index in [0.717, 1.165) is 6.07 Å². The standard InChI is InChI=1S/C8H9NO5/c1-14-5-2-3-6(8(10)11)7(4-5)9(12)13/h2-4,8,10-11H,1H3. The Morgan fingerprint density at radius 3 is 2.57 bits per heavy atom. The largest absolute Gasteiger partial charge is 0.497 e. The van der Waals surface area contributed by atoms with Crippen molar-refractivity contribution in [2.75, 3.05) is 7.11 Å². The lowest BCUT2D eigenvalue weighted by atomic mass is 10.1. The maximum atomic E-state index is 10.5. The molecule has 0 amide bonds. The summed E-state index contributed by atoms with van der Waals surface area (Å²) in [5.74, 6) is 0.293. The Balaban J connectivity index is 3.24. The number of nitro groups is 1. The molecular weight excluding hydrogens is 190 g/mol. The van der Waals surface area contributed by atoms with Crippen molar-refractivity contribution in [2.45, 2.75) is 6.29 Å². The predicted octanol–water partition coefficient (Wildman–Crippen LogP) is 0.587. The molecule has 0 bridgehead atoms. The number of hydrogen-bond donors (Lipinski definition) is 2. The lowest BCUT2D eigenvalue weighted by molar-refractivity contribution is -0.386. The van der Waals surface area contributed by atoms with Crippen LogP contribution in [0.1, 0.15) is 11.9 Å². The molecule has 6 nitrogen and oxygen atoms in total. The highest BCUT2D eigenvalue weighted by Gasteiger charge is 2.19. The molecule has 0 unspecified atom stereocenters. The Hall–Kier alpha value is -1.66. The van der Waals surface area contributed by atoms with E-state index in [1.54, 1.807) is 0 Å². The number of nitrogens with zero attached hydrogens (tertiary/aromatic N) is 1. The number of aliphatic hydroxyl groups excluding tert-OH is 1. The fraction of sp³-hybridized carbons (Fsp3) is 0.250. The highest BCUT2D eigenvalue weighted by Crippen LogP contribution is 2.27. The van der Waals surface area contributed by atoms with Gasteiger partial charge in [-0.15, -0.1) is 0 Å². The quantitative estimate of drug-likeness (QED) is 0.422. The van der Waals surface area contributed by atoms with Crippen molar-refractivity contribution < 1.29 is 19.9 Å². The molecule has 0 spiro atoms. The summed E-state index contributed by atoms with van der Waals surface area (Å²) in [7, 11) is 1.37. The summed E-state index contributed by atoms with van der Waals surface area (Å²) in [5, 5.41) is 28.2. The maximum absolute atomic E-state index is 10.5. The van der Waals surface area contributed by atoms with Gasteiger partial charge in [0.15, 0.2) is 6.29 Å². The molecule has 0 radical (unpaired) electrons. The molecule has 0 atom stereocenters. The van der Waals surface area contributed by atoms with E-state index in [9.17, 15) is 10.1 Å². The number of benzene rings is 1. The van der Waals surface area contributed by atoms with Crippen molar-refractivity contribution in [1.82, 2.24) is 0 Å². The van der Waals surface area contributed by atoms with Crippen LogP contribution in [0.25, 0.3) is 0 Å². The zero-order valence-corrected chi connectivity index (χ0v) is 7.38. The fourth-order valence-corrected chi connectivity index (χ4v) is 1.03. The van der Waals surface area contributed by atoms with E-state index < -0.39 is 11.2 Å². The van der Waals surface area contributed by atoms with Gasteiger partial charge in [-0.05, 0) is 12.1 Å². The second kappa shape index (κ2) is 4.03. The van der Waals surface area contributed by atoms with E-state index in [0.29, 0.717) is 5.75 Å². The van der Waals surface area contributed by atoms with E-state index in [-0.39, 0.29) is 11.3 Å². The summed E-state index contributed by atoms with van der Waals surface area (Å²) < 4.78 is 4.77. The number of rotatable bonds is 3. The van der Waals surface area contributed by atoms with Gasteiger partial charge in [-0.2, -0.15) is 0 Å². The second-order valence-corrected chi connectivity index (χ2v) is 2.56. The molecule has 0 saturated heterocycles. The molecular formula is C8H9NO5. The first kappa shape index (κ1) is 10.4. The smallest absolute Gasteiger partial charge is 0.281 e. The molecule has 6 heteroatoms. The molecule has 0 aromatic heterocycles. The summed E-state index contributed by atoms with van der Waals surface area (Å²) in [6.45, 7) is 0. The molecule has 0 heterocycles. The van der Waals surface area contributed by atoms with Crippen molar-refractivity contribution in [3.05, 3.63) is 33.9 Å². The van der Waals surface area contributed by atoms with Gasteiger partial charge in [0.2, 0.25) is 0 Å². The van der Waals surface area contributed by atoms with Crippen LogP contribution < -0.4 is 4.74 Å². The van der Waals surface area contributed by atoms with Crippen LogP contribution in [0.2, 0.25) is 0 Å². The van der Waals surface area contributed by atoms with Crippen LogP contribution in [-0.2, 0) is 0 Å². The first-order valence-electron chi connectivity index (χ1n) is 3.74. The number of ether oxygens (including phenoxy) is 1. The summed E-state index contributed by atoms with van der Waals surface area (Å²) in [6.07, 6.45) is -1.86. The predicted molar refractivity (Wildman–Crippen MR) is 46.8 cm³/mol. The van der Waals surface area contributed by atoms with E-state index in [1.165, 1.54) is 19.2 Å². The van der Waals surface area contributed by atoms with Gasteiger partial charge in [0, 0.05) is 0 Å². The minimum absolute atomic E-state index is 0.157. The molecule has 76 valence electrons. The molecule has 1 aromatic rings. The molecule has 14 heavy (non-hydrogen) atoms. The molecule has 0 aliphatic heterocycles. The molecule has 0 aliphatic rings. The Labute approximate surface area is 79.5 Å². The first-order valence-corrected chi connectivity index (χ1v) is 3.74. The van der Waals surface area contributed by atoms with E-state index >= 15 is 0 Å². The van der Waals surface area contributed by atoms with Crippen LogP contribution in [0.3, 0.4) is 0 Å². The first-order chi connectivity index (χ1) is 6.56. The molecule has 0 saturated carbocycles. The lowest BCUT2D eigenvalue weighted by Crippen LogP contribution is -2.01. The van der Waals surface area contributed by atoms with Gasteiger partial charge in [0.25, 0.3) is 5.69 Å². The summed E-state index contributed by atoms with van der Waals surface area (Å²) >= 11 is 0. The normalized spacial score (nSPS) is 10.3. The molecule has 2 N–H and O–H groups in total. The summed E-state index contributed by atoms with van der Waals surface area (Å²) in [4.78, 5) is 9.83. The molecule has 0 fully saturated rings. The number of aliphatic hydroxyl groups is 2. The lowest BCUT2D eigenvalue weighted by Gasteiger charge is -2.06. The van der Waals surface area contributed by atoms with Crippen LogP contribution >= 0.6 is 0 Å². The van der Waals surface area contributed by atoms with Crippen molar-refractivity contribution in [1.29, 1.82) is 0 Å². The van der Waals surface area contributed by atoms with Gasteiger partial charge in [-0.1, -0.05) is 0 Å². The van der Waals surface area contributed by atoms with Gasteiger partial charge in [-0.3, -0.25) is 10.1 Å². The third-order valence-corrected chi connectivity index (χ3v) is 1.71. The molecule has 0 aliphatic carbocycles. The highest BCUT2D eigenvalue weighted by atomic mass is 16.6. The average molecular weight is 199 g/mol. The van der Waals surface area contributed by atoms with Gasteiger partial charge in [0.1, 0.15) is 5.75 Å². The zero-order valence-electron chi connectivity index (χ0n) is 7.38. The topological polar surface area (TPSA) is 92.8 Å². The average Bonchev–Trinajstić information content (AvgIpc) is 2.16. The van der Waals surface area contributed by atoms with Gasteiger partial charge in [0.05, 0.1) is 23.7 Å². The Morgan fingerprint density at radius 2 is 2.14 bits per heavy atom. The van der Waals surface area contributed by atoms with Crippen LogP contribution in [0, 0.1) is 10.1 Å². The van der Waals surface area contributed by atoms with Crippen LogP contribution in [0.4, 0.5) is 5.69 Å². The Morgan fingerprint density at radius 1 is 1.50 bits per heavy atom. The molecule has 1 aromatic carbocycles. The highest BCUT2D eigenvalue weighted by molar-refractivity contribution is 5.46. The van der Waals surface area contributed by atoms with Crippen molar-refractivity contribution in [3.63, 3.8) is 0 Å². The second-order valence-electron chi connectivity index (χ2n) is 2.56. The monoisotopic (exact) mass is 199 g/mol. The zero-order chi connectivity index (χ0) is 10.7. The van der Waals surface area contributed by atoms with Crippen LogP contribution in [-0.4, -0.2) is 22.2 Å². The van der Waals surface area contributed by atoms with Crippen LogP contribution in [0.15, 0.2) is 18.2 Å². The van der Waals surface area contributed by atoms with Crippen molar-refractivity contribution in [3.8, 4) is 5.75 Å². The summed E-state index contributed by atoms with van der Waals surface area (Å²) in [6, 6.07) is 3.79. The minimum atomic E-state index is -1.86. The van der Waals surface area contributed by atoms with Gasteiger partial charge in [-0.25, -0.2) is 0 Å². The third kappa shape index (κ3) is 1.98. The van der Waals surface area contributed by atoms with E-state index in [4.69, 9.17) is 14.9 Å². The number of hydrogen-bond acceptors (Lipinski definition) is 5. The third-order valence-electron chi connectivity index (χ3n) is 1.71.